The van der Waals surface area contributed by atoms with Crippen LogP contribution in [0.2, 0.25) is 0 Å². The SMILES string of the molecule is Fc1cccc(-c2cccc(OC3CNC3)c2)c1. The van der Waals surface area contributed by atoms with Crippen LogP contribution in [0.3, 0.4) is 0 Å². The van der Waals surface area contributed by atoms with Gasteiger partial charge in [-0.15, -0.1) is 0 Å². The fourth-order valence-corrected chi connectivity index (χ4v) is 1.95. The Morgan fingerprint density at radius 3 is 2.39 bits per heavy atom. The highest BCUT2D eigenvalue weighted by molar-refractivity contribution is 5.65. The predicted octanol–water partition coefficient (Wildman–Crippen LogP) is 2.84. The summed E-state index contributed by atoms with van der Waals surface area (Å²) in [6, 6.07) is 14.4. The summed E-state index contributed by atoms with van der Waals surface area (Å²) in [4.78, 5) is 0. The molecule has 1 aliphatic heterocycles. The van der Waals surface area contributed by atoms with Crippen LogP contribution in [0, 0.1) is 5.82 Å². The van der Waals surface area contributed by atoms with Gasteiger partial charge in [0.05, 0.1) is 0 Å². The minimum atomic E-state index is -0.220. The lowest BCUT2D eigenvalue weighted by Crippen LogP contribution is -2.50. The zero-order valence-electron chi connectivity index (χ0n) is 9.90. The zero-order chi connectivity index (χ0) is 12.4. The maximum Gasteiger partial charge on any atom is 0.123 e. The first-order chi connectivity index (χ1) is 8.81. The maximum atomic E-state index is 13.2. The number of rotatable bonds is 3. The standard InChI is InChI=1S/C15H14FNO/c16-13-5-1-3-11(7-13)12-4-2-6-14(8-12)18-15-9-17-10-15/h1-8,15,17H,9-10H2. The zero-order valence-corrected chi connectivity index (χ0v) is 9.90. The highest BCUT2D eigenvalue weighted by atomic mass is 19.1. The van der Waals surface area contributed by atoms with Gasteiger partial charge < -0.3 is 10.1 Å². The van der Waals surface area contributed by atoms with E-state index in [9.17, 15) is 4.39 Å². The molecule has 92 valence electrons. The van der Waals surface area contributed by atoms with Crippen molar-refractivity contribution in [2.24, 2.45) is 0 Å². The molecule has 18 heavy (non-hydrogen) atoms. The summed E-state index contributed by atoms with van der Waals surface area (Å²) in [6.07, 6.45) is 0.257. The van der Waals surface area contributed by atoms with Crippen LogP contribution in [-0.4, -0.2) is 19.2 Å². The summed E-state index contributed by atoms with van der Waals surface area (Å²) in [5.41, 5.74) is 1.84. The van der Waals surface area contributed by atoms with Crippen LogP contribution in [0.4, 0.5) is 4.39 Å². The third kappa shape index (κ3) is 2.36. The minimum absolute atomic E-state index is 0.220. The van der Waals surface area contributed by atoms with E-state index in [0.29, 0.717) is 0 Å². The lowest BCUT2D eigenvalue weighted by atomic mass is 10.1. The molecule has 1 aliphatic rings. The quantitative estimate of drug-likeness (QED) is 0.895. The van der Waals surface area contributed by atoms with Crippen molar-refractivity contribution in [2.75, 3.05) is 13.1 Å². The Hall–Kier alpha value is -1.87. The molecule has 2 aromatic rings. The molecule has 1 saturated heterocycles. The molecule has 3 rings (SSSR count). The molecule has 0 saturated carbocycles. The van der Waals surface area contributed by atoms with Crippen molar-refractivity contribution >= 4 is 0 Å². The molecule has 0 atom stereocenters. The molecule has 0 bridgehead atoms. The van der Waals surface area contributed by atoms with Gasteiger partial charge in [0.2, 0.25) is 0 Å². The summed E-state index contributed by atoms with van der Waals surface area (Å²) >= 11 is 0. The lowest BCUT2D eigenvalue weighted by molar-refractivity contribution is 0.142. The van der Waals surface area contributed by atoms with Crippen molar-refractivity contribution in [1.29, 1.82) is 0 Å². The van der Waals surface area contributed by atoms with E-state index < -0.39 is 0 Å². The molecule has 3 heteroatoms. The van der Waals surface area contributed by atoms with E-state index in [1.54, 1.807) is 6.07 Å². The molecule has 1 fully saturated rings. The maximum absolute atomic E-state index is 13.2. The summed E-state index contributed by atoms with van der Waals surface area (Å²) in [7, 11) is 0. The predicted molar refractivity (Wildman–Crippen MR) is 69.1 cm³/mol. The Labute approximate surface area is 105 Å². The Morgan fingerprint density at radius 2 is 1.72 bits per heavy atom. The number of halogens is 1. The van der Waals surface area contributed by atoms with Crippen molar-refractivity contribution in [1.82, 2.24) is 5.32 Å². The van der Waals surface area contributed by atoms with E-state index in [2.05, 4.69) is 5.32 Å². The van der Waals surface area contributed by atoms with E-state index in [-0.39, 0.29) is 11.9 Å². The van der Waals surface area contributed by atoms with Gasteiger partial charge in [0.25, 0.3) is 0 Å². The lowest BCUT2D eigenvalue weighted by Gasteiger charge is -2.27. The summed E-state index contributed by atoms with van der Waals surface area (Å²) in [6.45, 7) is 1.79. The molecule has 0 spiro atoms. The monoisotopic (exact) mass is 243 g/mol. The Kier molecular flexibility index (Phi) is 2.99. The van der Waals surface area contributed by atoms with Gasteiger partial charge in [0.1, 0.15) is 17.7 Å². The van der Waals surface area contributed by atoms with E-state index in [1.165, 1.54) is 12.1 Å². The second-order valence-electron chi connectivity index (χ2n) is 4.44. The molecule has 2 nitrogen and oxygen atoms in total. The highest BCUT2D eigenvalue weighted by Gasteiger charge is 2.18. The smallest absolute Gasteiger partial charge is 0.123 e. The number of hydrogen-bond donors (Lipinski definition) is 1. The third-order valence-corrected chi connectivity index (χ3v) is 3.04. The largest absolute Gasteiger partial charge is 0.488 e. The molecule has 0 unspecified atom stereocenters. The molecule has 2 aromatic carbocycles. The molecule has 0 aliphatic carbocycles. The van der Waals surface area contributed by atoms with Gasteiger partial charge in [-0.1, -0.05) is 24.3 Å². The summed E-state index contributed by atoms with van der Waals surface area (Å²) in [5.74, 6) is 0.616. The summed E-state index contributed by atoms with van der Waals surface area (Å²) < 4.78 is 19.0. The fraction of sp³-hybridized carbons (Fsp3) is 0.200. The van der Waals surface area contributed by atoms with Gasteiger partial charge in [0, 0.05) is 13.1 Å². The van der Waals surface area contributed by atoms with Crippen LogP contribution in [0.15, 0.2) is 48.5 Å². The van der Waals surface area contributed by atoms with E-state index in [4.69, 9.17) is 4.74 Å². The second kappa shape index (κ2) is 4.78. The van der Waals surface area contributed by atoms with E-state index in [0.717, 1.165) is 30.0 Å². The summed E-state index contributed by atoms with van der Waals surface area (Å²) in [5, 5.41) is 3.16. The number of benzene rings is 2. The van der Waals surface area contributed by atoms with Crippen LogP contribution in [0.5, 0.6) is 5.75 Å². The molecule has 0 amide bonds. The van der Waals surface area contributed by atoms with E-state index >= 15 is 0 Å². The number of hydrogen-bond acceptors (Lipinski definition) is 2. The molecule has 0 radical (unpaired) electrons. The minimum Gasteiger partial charge on any atom is -0.488 e. The second-order valence-corrected chi connectivity index (χ2v) is 4.44. The van der Waals surface area contributed by atoms with Crippen LogP contribution < -0.4 is 10.1 Å². The molecular weight excluding hydrogens is 229 g/mol. The first-order valence-electron chi connectivity index (χ1n) is 6.05. The normalized spacial score (nSPS) is 15.2. The van der Waals surface area contributed by atoms with Gasteiger partial charge in [-0.25, -0.2) is 4.39 Å². The van der Waals surface area contributed by atoms with Crippen molar-refractivity contribution in [2.45, 2.75) is 6.10 Å². The van der Waals surface area contributed by atoms with Gasteiger partial charge in [-0.2, -0.15) is 0 Å². The fourth-order valence-electron chi connectivity index (χ4n) is 1.95. The Morgan fingerprint density at radius 1 is 1.00 bits per heavy atom. The average Bonchev–Trinajstić information content (AvgIpc) is 2.34. The van der Waals surface area contributed by atoms with Crippen molar-refractivity contribution in [3.8, 4) is 16.9 Å². The van der Waals surface area contributed by atoms with Crippen LogP contribution in [-0.2, 0) is 0 Å². The molecular formula is C15H14FNO. The Bertz CT molecular complexity index is 552. The van der Waals surface area contributed by atoms with Crippen molar-refractivity contribution in [3.05, 3.63) is 54.3 Å². The molecule has 1 heterocycles. The van der Waals surface area contributed by atoms with Crippen LogP contribution in [0.1, 0.15) is 0 Å². The van der Waals surface area contributed by atoms with E-state index in [1.807, 2.05) is 30.3 Å². The molecule has 1 N–H and O–H groups in total. The topological polar surface area (TPSA) is 21.3 Å². The van der Waals surface area contributed by atoms with Gasteiger partial charge in [-0.3, -0.25) is 0 Å². The van der Waals surface area contributed by atoms with Gasteiger partial charge in [0.15, 0.2) is 0 Å². The number of ether oxygens (including phenoxy) is 1. The molecule has 0 aromatic heterocycles. The van der Waals surface area contributed by atoms with Crippen LogP contribution >= 0.6 is 0 Å². The average molecular weight is 243 g/mol. The van der Waals surface area contributed by atoms with Crippen molar-refractivity contribution in [3.63, 3.8) is 0 Å². The first-order valence-corrected chi connectivity index (χ1v) is 6.05. The van der Waals surface area contributed by atoms with Gasteiger partial charge >= 0.3 is 0 Å². The highest BCUT2D eigenvalue weighted by Crippen LogP contribution is 2.25. The number of nitrogens with one attached hydrogen (secondary N) is 1. The Balaban J connectivity index is 1.85. The first kappa shape index (κ1) is 11.2. The van der Waals surface area contributed by atoms with Crippen molar-refractivity contribution < 1.29 is 9.13 Å². The van der Waals surface area contributed by atoms with Gasteiger partial charge in [-0.05, 0) is 35.4 Å². The van der Waals surface area contributed by atoms with Crippen LogP contribution in [0.25, 0.3) is 11.1 Å². The third-order valence-electron chi connectivity index (χ3n) is 3.04.